The number of hydrogen-bond acceptors (Lipinski definition) is 5. The fourth-order valence-electron chi connectivity index (χ4n) is 2.77. The van der Waals surface area contributed by atoms with Crippen LogP contribution in [0.25, 0.3) is 10.2 Å². The van der Waals surface area contributed by atoms with Gasteiger partial charge in [0.2, 0.25) is 0 Å². The first kappa shape index (κ1) is 13.3. The Morgan fingerprint density at radius 1 is 1.50 bits per heavy atom. The molecule has 5 nitrogen and oxygen atoms in total. The summed E-state index contributed by atoms with van der Waals surface area (Å²) >= 11 is 1.34. The van der Waals surface area contributed by atoms with Crippen LogP contribution in [0.4, 0.5) is 5.69 Å². The highest BCUT2D eigenvalue weighted by Crippen LogP contribution is 2.35. The molecule has 3 rings (SSSR count). The van der Waals surface area contributed by atoms with Crippen molar-refractivity contribution in [1.29, 1.82) is 0 Å². The predicted molar refractivity (Wildman–Crippen MR) is 80.7 cm³/mol. The highest BCUT2D eigenvalue weighted by molar-refractivity contribution is 7.21. The number of nitrogens with two attached hydrogens (primary N) is 1. The Morgan fingerprint density at radius 2 is 2.30 bits per heavy atom. The number of nitrogens with zero attached hydrogens (tertiary/aromatic N) is 3. The Bertz CT molecular complexity index is 664. The minimum absolute atomic E-state index is 0.0262. The molecule has 0 radical (unpaired) electrons. The molecule has 1 aliphatic rings. The molecule has 2 aromatic heterocycles. The molecule has 1 aliphatic heterocycles. The number of thiophene rings is 1. The van der Waals surface area contributed by atoms with Crippen molar-refractivity contribution in [2.24, 2.45) is 5.41 Å². The van der Waals surface area contributed by atoms with Crippen LogP contribution in [-0.2, 0) is 0 Å². The van der Waals surface area contributed by atoms with Crippen molar-refractivity contribution in [3.8, 4) is 0 Å². The highest BCUT2D eigenvalue weighted by Gasteiger charge is 2.31. The van der Waals surface area contributed by atoms with Crippen LogP contribution in [-0.4, -0.2) is 34.1 Å². The van der Waals surface area contributed by atoms with E-state index < -0.39 is 0 Å². The van der Waals surface area contributed by atoms with Crippen molar-refractivity contribution in [3.05, 3.63) is 17.1 Å². The van der Waals surface area contributed by atoms with Gasteiger partial charge >= 0.3 is 0 Å². The average Bonchev–Trinajstić information content (AvgIpc) is 2.75. The Hall–Kier alpha value is -1.69. The van der Waals surface area contributed by atoms with E-state index in [2.05, 4.69) is 24.0 Å². The Morgan fingerprint density at radius 3 is 3.00 bits per heavy atom. The first-order valence-corrected chi connectivity index (χ1v) is 7.58. The van der Waals surface area contributed by atoms with Gasteiger partial charge in [-0.15, -0.1) is 16.4 Å². The van der Waals surface area contributed by atoms with Gasteiger partial charge in [0, 0.05) is 18.5 Å². The molecule has 20 heavy (non-hydrogen) atoms. The summed E-state index contributed by atoms with van der Waals surface area (Å²) < 4.78 is 0. The van der Waals surface area contributed by atoms with Crippen LogP contribution >= 0.6 is 11.3 Å². The molecular weight excluding hydrogens is 272 g/mol. The zero-order chi connectivity index (χ0) is 14.3. The number of carbonyl (C=O) groups is 1. The summed E-state index contributed by atoms with van der Waals surface area (Å²) in [6.07, 6.45) is 3.80. The Balaban J connectivity index is 1.94. The predicted octanol–water partition coefficient (Wildman–Crippen LogP) is 2.54. The van der Waals surface area contributed by atoms with Gasteiger partial charge in [0.05, 0.1) is 11.9 Å². The average molecular weight is 290 g/mol. The molecule has 6 heteroatoms. The lowest BCUT2D eigenvalue weighted by Crippen LogP contribution is -2.43. The standard InChI is InChI=1S/C14H18N4OS/c1-14(2)5-3-7-18(8-14)13(19)11-10(15)9-4-6-16-17-12(9)20-11/h4,6H,3,5,7-8,15H2,1-2H3. The number of piperidine rings is 1. The molecule has 0 spiro atoms. The molecule has 1 fully saturated rings. The first-order chi connectivity index (χ1) is 9.48. The molecule has 106 valence electrons. The second-order valence-electron chi connectivity index (χ2n) is 6.09. The van der Waals surface area contributed by atoms with Gasteiger partial charge in [-0.05, 0) is 24.3 Å². The largest absolute Gasteiger partial charge is 0.397 e. The van der Waals surface area contributed by atoms with Crippen LogP contribution in [0, 0.1) is 5.41 Å². The van der Waals surface area contributed by atoms with Crippen LogP contribution in [0.3, 0.4) is 0 Å². The summed E-state index contributed by atoms with van der Waals surface area (Å²) in [4.78, 5) is 15.9. The maximum Gasteiger partial charge on any atom is 0.266 e. The molecule has 0 saturated carbocycles. The number of aromatic nitrogens is 2. The summed E-state index contributed by atoms with van der Waals surface area (Å²) in [7, 11) is 0. The van der Waals surface area contributed by atoms with Gasteiger partial charge in [-0.2, -0.15) is 5.10 Å². The van der Waals surface area contributed by atoms with Gasteiger partial charge in [-0.25, -0.2) is 0 Å². The zero-order valence-electron chi connectivity index (χ0n) is 11.7. The molecule has 2 N–H and O–H groups in total. The number of rotatable bonds is 1. The van der Waals surface area contributed by atoms with Gasteiger partial charge in [0.25, 0.3) is 5.91 Å². The molecule has 3 heterocycles. The summed E-state index contributed by atoms with van der Waals surface area (Å²) in [5.41, 5.74) is 6.82. The number of carbonyl (C=O) groups excluding carboxylic acids is 1. The lowest BCUT2D eigenvalue weighted by molar-refractivity contribution is 0.0589. The number of amides is 1. The first-order valence-electron chi connectivity index (χ1n) is 6.77. The van der Waals surface area contributed by atoms with Crippen molar-refractivity contribution in [2.45, 2.75) is 26.7 Å². The molecule has 1 saturated heterocycles. The minimum Gasteiger partial charge on any atom is -0.397 e. The molecule has 0 aliphatic carbocycles. The summed E-state index contributed by atoms with van der Waals surface area (Å²) in [5, 5.41) is 8.70. The van der Waals surface area contributed by atoms with Crippen LogP contribution in [0.5, 0.6) is 0 Å². The zero-order valence-corrected chi connectivity index (χ0v) is 12.5. The highest BCUT2D eigenvalue weighted by atomic mass is 32.1. The van der Waals surface area contributed by atoms with Crippen molar-refractivity contribution in [2.75, 3.05) is 18.8 Å². The normalized spacial score (nSPS) is 18.4. The molecule has 1 amide bonds. The van der Waals surface area contributed by atoms with E-state index in [-0.39, 0.29) is 11.3 Å². The summed E-state index contributed by atoms with van der Waals surface area (Å²) in [6.45, 7) is 5.99. The molecule has 2 aromatic rings. The van der Waals surface area contributed by atoms with Crippen molar-refractivity contribution in [1.82, 2.24) is 15.1 Å². The topological polar surface area (TPSA) is 72.1 Å². The minimum atomic E-state index is 0.0262. The van der Waals surface area contributed by atoms with Crippen molar-refractivity contribution >= 4 is 33.1 Å². The SMILES string of the molecule is CC1(C)CCCN(C(=O)c2sc3nnccc3c2N)C1. The van der Waals surface area contributed by atoms with Gasteiger partial charge in [-0.1, -0.05) is 13.8 Å². The lowest BCUT2D eigenvalue weighted by atomic mass is 9.84. The van der Waals surface area contributed by atoms with E-state index in [4.69, 9.17) is 5.73 Å². The molecular formula is C14H18N4OS. The van der Waals surface area contributed by atoms with Gasteiger partial charge in [0.1, 0.15) is 9.71 Å². The second-order valence-corrected chi connectivity index (χ2v) is 7.09. The fourth-order valence-corrected chi connectivity index (χ4v) is 3.78. The third kappa shape index (κ3) is 2.24. The Labute approximate surface area is 121 Å². The molecule has 0 atom stereocenters. The lowest BCUT2D eigenvalue weighted by Gasteiger charge is -2.37. The smallest absolute Gasteiger partial charge is 0.266 e. The van der Waals surface area contributed by atoms with E-state index in [1.165, 1.54) is 11.3 Å². The monoisotopic (exact) mass is 290 g/mol. The van der Waals surface area contributed by atoms with Crippen LogP contribution in [0.15, 0.2) is 12.3 Å². The molecule has 0 aromatic carbocycles. The number of hydrogen-bond donors (Lipinski definition) is 1. The summed E-state index contributed by atoms with van der Waals surface area (Å²) in [6, 6.07) is 1.81. The van der Waals surface area contributed by atoms with E-state index in [0.29, 0.717) is 10.6 Å². The van der Waals surface area contributed by atoms with Crippen molar-refractivity contribution in [3.63, 3.8) is 0 Å². The molecule has 0 unspecified atom stereocenters. The van der Waals surface area contributed by atoms with Gasteiger partial charge in [-0.3, -0.25) is 4.79 Å². The van der Waals surface area contributed by atoms with Gasteiger partial charge < -0.3 is 10.6 Å². The number of anilines is 1. The number of nitrogen functional groups attached to an aromatic ring is 1. The maximum atomic E-state index is 12.7. The second kappa shape index (κ2) is 4.70. The van der Waals surface area contributed by atoms with E-state index >= 15 is 0 Å². The third-order valence-electron chi connectivity index (χ3n) is 3.80. The van der Waals surface area contributed by atoms with E-state index in [0.717, 1.165) is 36.1 Å². The van der Waals surface area contributed by atoms with E-state index in [9.17, 15) is 4.79 Å². The van der Waals surface area contributed by atoms with Crippen LogP contribution in [0.1, 0.15) is 36.4 Å². The maximum absolute atomic E-state index is 12.7. The fraction of sp³-hybridized carbons (Fsp3) is 0.500. The van der Waals surface area contributed by atoms with Crippen molar-refractivity contribution < 1.29 is 4.79 Å². The molecule has 0 bridgehead atoms. The Kier molecular flexibility index (Phi) is 3.12. The summed E-state index contributed by atoms with van der Waals surface area (Å²) in [5.74, 6) is 0.0262. The third-order valence-corrected chi connectivity index (χ3v) is 4.90. The number of fused-ring (bicyclic) bond motifs is 1. The number of likely N-dealkylation sites (tertiary alicyclic amines) is 1. The van der Waals surface area contributed by atoms with E-state index in [1.54, 1.807) is 6.20 Å². The quantitative estimate of drug-likeness (QED) is 0.876. The van der Waals surface area contributed by atoms with Crippen LogP contribution < -0.4 is 5.73 Å². The van der Waals surface area contributed by atoms with Crippen LogP contribution in [0.2, 0.25) is 0 Å². The van der Waals surface area contributed by atoms with Gasteiger partial charge in [0.15, 0.2) is 0 Å². The van der Waals surface area contributed by atoms with E-state index in [1.807, 2.05) is 11.0 Å².